The minimum absolute atomic E-state index is 0.286. The summed E-state index contributed by atoms with van der Waals surface area (Å²) in [6, 6.07) is 19.4. The second-order valence-electron chi connectivity index (χ2n) is 8.06. The standard InChI is InChI=1S/C26H25F2N3O3/c1-31(16-17-6-3-2-4-7-17)14-15-33-19-12-10-18(11-13-19)24-23(25(29)32)30-26(34-24)22-20(27)8-5-9-21(22)28/h2-13,23-24H,14-16H2,1H3,(H2,29,32). The maximum Gasteiger partial charge on any atom is 0.246 e. The summed E-state index contributed by atoms with van der Waals surface area (Å²) >= 11 is 0. The summed E-state index contributed by atoms with van der Waals surface area (Å²) in [5, 5.41) is 0. The van der Waals surface area contributed by atoms with E-state index in [9.17, 15) is 13.6 Å². The van der Waals surface area contributed by atoms with Crippen molar-refractivity contribution < 1.29 is 23.0 Å². The van der Waals surface area contributed by atoms with Gasteiger partial charge in [0, 0.05) is 13.1 Å². The first-order valence-corrected chi connectivity index (χ1v) is 10.9. The van der Waals surface area contributed by atoms with Crippen LogP contribution in [0, 0.1) is 11.6 Å². The molecule has 1 aliphatic heterocycles. The number of amides is 1. The predicted octanol–water partition coefficient (Wildman–Crippen LogP) is 3.85. The normalized spacial score (nSPS) is 17.4. The lowest BCUT2D eigenvalue weighted by molar-refractivity contribution is -0.120. The van der Waals surface area contributed by atoms with Crippen LogP contribution in [0.2, 0.25) is 0 Å². The van der Waals surface area contributed by atoms with Crippen molar-refractivity contribution in [2.45, 2.75) is 18.7 Å². The van der Waals surface area contributed by atoms with Crippen molar-refractivity contribution in [2.75, 3.05) is 20.2 Å². The molecular formula is C26H25F2N3O3. The van der Waals surface area contributed by atoms with E-state index in [0.717, 1.165) is 25.2 Å². The van der Waals surface area contributed by atoms with Gasteiger partial charge in [-0.25, -0.2) is 13.8 Å². The summed E-state index contributed by atoms with van der Waals surface area (Å²) in [4.78, 5) is 18.2. The molecule has 0 bridgehead atoms. The fourth-order valence-corrected chi connectivity index (χ4v) is 3.75. The number of nitrogens with zero attached hydrogens (tertiary/aromatic N) is 2. The van der Waals surface area contributed by atoms with E-state index in [4.69, 9.17) is 15.2 Å². The second-order valence-corrected chi connectivity index (χ2v) is 8.06. The van der Waals surface area contributed by atoms with E-state index in [1.54, 1.807) is 24.3 Å². The number of carbonyl (C=O) groups is 1. The molecule has 3 aromatic rings. The topological polar surface area (TPSA) is 77.2 Å². The van der Waals surface area contributed by atoms with Crippen LogP contribution in [0.1, 0.15) is 22.8 Å². The fourth-order valence-electron chi connectivity index (χ4n) is 3.75. The van der Waals surface area contributed by atoms with Gasteiger partial charge in [-0.1, -0.05) is 48.5 Å². The van der Waals surface area contributed by atoms with Gasteiger partial charge >= 0.3 is 0 Å². The molecule has 0 aromatic heterocycles. The van der Waals surface area contributed by atoms with E-state index in [1.807, 2.05) is 25.2 Å². The molecule has 4 rings (SSSR count). The first-order chi connectivity index (χ1) is 16.4. The third-order valence-electron chi connectivity index (χ3n) is 5.50. The molecule has 2 N–H and O–H groups in total. The number of hydrogen-bond acceptors (Lipinski definition) is 5. The van der Waals surface area contributed by atoms with Crippen molar-refractivity contribution in [3.05, 3.63) is 101 Å². The molecular weight excluding hydrogens is 440 g/mol. The van der Waals surface area contributed by atoms with Gasteiger partial charge in [-0.05, 0) is 42.4 Å². The van der Waals surface area contributed by atoms with E-state index >= 15 is 0 Å². The number of aliphatic imine (C=N–C) groups is 1. The summed E-state index contributed by atoms with van der Waals surface area (Å²) in [6.45, 7) is 2.05. The average Bonchev–Trinajstić information content (AvgIpc) is 3.25. The van der Waals surface area contributed by atoms with Crippen LogP contribution < -0.4 is 10.5 Å². The smallest absolute Gasteiger partial charge is 0.246 e. The molecule has 34 heavy (non-hydrogen) atoms. The third-order valence-corrected chi connectivity index (χ3v) is 5.50. The fraction of sp³-hybridized carbons (Fsp3) is 0.231. The molecule has 6 nitrogen and oxygen atoms in total. The molecule has 1 aliphatic rings. The van der Waals surface area contributed by atoms with Gasteiger partial charge in [0.05, 0.1) is 0 Å². The van der Waals surface area contributed by atoms with Crippen LogP contribution in [0.3, 0.4) is 0 Å². The Morgan fingerprint density at radius 1 is 1.03 bits per heavy atom. The Hall–Kier alpha value is -3.78. The Morgan fingerprint density at radius 3 is 2.35 bits per heavy atom. The van der Waals surface area contributed by atoms with Crippen LogP contribution in [-0.4, -0.2) is 42.9 Å². The third kappa shape index (κ3) is 5.40. The lowest BCUT2D eigenvalue weighted by Crippen LogP contribution is -2.30. The Labute approximate surface area is 196 Å². The lowest BCUT2D eigenvalue weighted by Gasteiger charge is -2.18. The quantitative estimate of drug-likeness (QED) is 0.521. The number of carbonyl (C=O) groups excluding carboxylic acids is 1. The monoisotopic (exact) mass is 465 g/mol. The van der Waals surface area contributed by atoms with Crippen molar-refractivity contribution in [3.63, 3.8) is 0 Å². The zero-order valence-electron chi connectivity index (χ0n) is 18.7. The van der Waals surface area contributed by atoms with E-state index in [1.165, 1.54) is 11.6 Å². The number of benzene rings is 3. The summed E-state index contributed by atoms with van der Waals surface area (Å²) in [5.74, 6) is -2.05. The van der Waals surface area contributed by atoms with Gasteiger partial charge in [0.15, 0.2) is 12.1 Å². The van der Waals surface area contributed by atoms with Gasteiger partial charge in [-0.15, -0.1) is 0 Å². The van der Waals surface area contributed by atoms with Crippen molar-refractivity contribution in [1.82, 2.24) is 4.90 Å². The van der Waals surface area contributed by atoms with Crippen LogP contribution in [-0.2, 0) is 16.1 Å². The highest BCUT2D eigenvalue weighted by Crippen LogP contribution is 2.33. The van der Waals surface area contributed by atoms with Crippen LogP contribution in [0.15, 0.2) is 77.8 Å². The van der Waals surface area contributed by atoms with Gasteiger partial charge in [-0.3, -0.25) is 9.69 Å². The summed E-state index contributed by atoms with van der Waals surface area (Å²) in [5.41, 5.74) is 6.88. The number of nitrogens with two attached hydrogens (primary N) is 1. The SMILES string of the molecule is CN(CCOc1ccc(C2OC(c3c(F)cccc3F)=NC2C(N)=O)cc1)Cc1ccccc1. The van der Waals surface area contributed by atoms with Crippen molar-refractivity contribution in [1.29, 1.82) is 0 Å². The number of ether oxygens (including phenoxy) is 2. The zero-order chi connectivity index (χ0) is 24.1. The molecule has 0 saturated heterocycles. The molecule has 0 spiro atoms. The molecule has 0 radical (unpaired) electrons. The van der Waals surface area contributed by atoms with Crippen molar-refractivity contribution in [2.24, 2.45) is 10.7 Å². The summed E-state index contributed by atoms with van der Waals surface area (Å²) < 4.78 is 39.9. The van der Waals surface area contributed by atoms with Crippen LogP contribution >= 0.6 is 0 Å². The first-order valence-electron chi connectivity index (χ1n) is 10.9. The molecule has 3 aromatic carbocycles. The molecule has 2 atom stereocenters. The zero-order valence-corrected chi connectivity index (χ0v) is 18.7. The summed E-state index contributed by atoms with van der Waals surface area (Å²) in [6.07, 6.45) is -0.891. The van der Waals surface area contributed by atoms with Gasteiger partial charge in [0.25, 0.3) is 0 Å². The van der Waals surface area contributed by atoms with E-state index in [2.05, 4.69) is 22.0 Å². The van der Waals surface area contributed by atoms with Gasteiger partial charge in [-0.2, -0.15) is 0 Å². The van der Waals surface area contributed by atoms with Gasteiger partial charge in [0.2, 0.25) is 11.8 Å². The largest absolute Gasteiger partial charge is 0.492 e. The number of hydrogen-bond donors (Lipinski definition) is 1. The average molecular weight is 466 g/mol. The van der Waals surface area contributed by atoms with E-state index < -0.39 is 35.3 Å². The van der Waals surface area contributed by atoms with E-state index in [0.29, 0.717) is 17.9 Å². The minimum Gasteiger partial charge on any atom is -0.492 e. The lowest BCUT2D eigenvalue weighted by atomic mass is 10.0. The molecule has 2 unspecified atom stereocenters. The van der Waals surface area contributed by atoms with Crippen LogP contribution in [0.25, 0.3) is 0 Å². The molecule has 0 fully saturated rings. The van der Waals surface area contributed by atoms with Crippen LogP contribution in [0.4, 0.5) is 8.78 Å². The van der Waals surface area contributed by atoms with Crippen LogP contribution in [0.5, 0.6) is 5.75 Å². The number of halogens is 2. The molecule has 8 heteroatoms. The Kier molecular flexibility index (Phi) is 7.18. The number of likely N-dealkylation sites (N-methyl/N-ethyl adjacent to an activating group) is 1. The Balaban J connectivity index is 1.37. The Morgan fingerprint density at radius 2 is 1.71 bits per heavy atom. The van der Waals surface area contributed by atoms with Gasteiger partial charge in [0.1, 0.15) is 29.6 Å². The van der Waals surface area contributed by atoms with Crippen molar-refractivity contribution in [3.8, 4) is 5.75 Å². The number of primary amides is 1. The molecule has 0 aliphatic carbocycles. The Bertz CT molecular complexity index is 1150. The molecule has 0 saturated carbocycles. The van der Waals surface area contributed by atoms with Crippen molar-refractivity contribution >= 4 is 11.8 Å². The minimum atomic E-state index is -1.10. The highest BCUT2D eigenvalue weighted by molar-refractivity contribution is 5.99. The predicted molar refractivity (Wildman–Crippen MR) is 124 cm³/mol. The molecule has 1 amide bonds. The maximum atomic E-state index is 14.2. The second kappa shape index (κ2) is 10.4. The number of rotatable bonds is 9. The van der Waals surface area contributed by atoms with E-state index in [-0.39, 0.29) is 5.90 Å². The molecule has 176 valence electrons. The highest BCUT2D eigenvalue weighted by Gasteiger charge is 2.38. The molecule has 1 heterocycles. The first kappa shape index (κ1) is 23.4. The maximum absolute atomic E-state index is 14.2. The highest BCUT2D eigenvalue weighted by atomic mass is 19.1. The summed E-state index contributed by atoms with van der Waals surface area (Å²) in [7, 11) is 2.02. The van der Waals surface area contributed by atoms with Gasteiger partial charge < -0.3 is 15.2 Å².